The summed E-state index contributed by atoms with van der Waals surface area (Å²) in [5.41, 5.74) is 4.49. The van der Waals surface area contributed by atoms with Gasteiger partial charge in [-0.05, 0) is 85.2 Å². The van der Waals surface area contributed by atoms with Crippen molar-refractivity contribution in [2.75, 3.05) is 13.2 Å². The number of nitrogens with one attached hydrogen (secondary N) is 1. The van der Waals surface area contributed by atoms with Crippen LogP contribution in [0.3, 0.4) is 0 Å². The van der Waals surface area contributed by atoms with Gasteiger partial charge in [-0.1, -0.05) is 42.2 Å². The van der Waals surface area contributed by atoms with Gasteiger partial charge in [0.25, 0.3) is 0 Å². The first-order valence-electron chi connectivity index (χ1n) is 12.3. The van der Waals surface area contributed by atoms with Crippen molar-refractivity contribution in [2.45, 2.75) is 51.5 Å². The lowest BCUT2D eigenvalue weighted by atomic mass is 9.90. The zero-order valence-corrected chi connectivity index (χ0v) is 21.4. The molecule has 3 N–H and O–H groups in total. The molecule has 0 aromatic heterocycles. The maximum absolute atomic E-state index is 14.0. The van der Waals surface area contributed by atoms with Crippen LogP contribution in [0.25, 0.3) is 0 Å². The highest BCUT2D eigenvalue weighted by molar-refractivity contribution is 5.73. The predicted molar refractivity (Wildman–Crippen MR) is 141 cm³/mol. The zero-order valence-electron chi connectivity index (χ0n) is 21.4. The lowest BCUT2D eigenvalue weighted by Gasteiger charge is -2.30. The molecule has 3 aromatic carbocycles. The first-order chi connectivity index (χ1) is 17.6. The number of aliphatic hydroxyl groups is 2. The summed E-state index contributed by atoms with van der Waals surface area (Å²) in [6.45, 7) is 4.68. The van der Waals surface area contributed by atoms with E-state index in [1.165, 1.54) is 24.6 Å². The Bertz CT molecular complexity index is 1270. The van der Waals surface area contributed by atoms with Crippen molar-refractivity contribution in [2.24, 2.45) is 0 Å². The van der Waals surface area contributed by atoms with E-state index >= 15 is 0 Å². The summed E-state index contributed by atoms with van der Waals surface area (Å²) in [7, 11) is 0. The lowest BCUT2D eigenvalue weighted by Crippen LogP contribution is -2.53. The number of rotatable bonds is 9. The zero-order chi connectivity index (χ0) is 27.0. The van der Waals surface area contributed by atoms with E-state index in [0.717, 1.165) is 28.3 Å². The summed E-state index contributed by atoms with van der Waals surface area (Å²) in [5, 5.41) is 22.0. The molecule has 0 aliphatic carbocycles. The van der Waals surface area contributed by atoms with E-state index in [2.05, 4.69) is 23.2 Å². The van der Waals surface area contributed by atoms with Crippen molar-refractivity contribution in [1.29, 1.82) is 0 Å². The topological polar surface area (TPSA) is 69.6 Å². The van der Waals surface area contributed by atoms with Crippen LogP contribution >= 0.6 is 0 Å². The van der Waals surface area contributed by atoms with Crippen LogP contribution in [0.1, 0.15) is 52.6 Å². The van der Waals surface area contributed by atoms with Crippen LogP contribution in [0.4, 0.5) is 8.78 Å². The molecule has 0 heterocycles. The highest BCUT2D eigenvalue weighted by atomic mass is 19.1. The number of aliphatic hydroxyl groups excluding tert-OH is 2. The van der Waals surface area contributed by atoms with Crippen molar-refractivity contribution in [3.8, 4) is 11.8 Å². The van der Waals surface area contributed by atoms with Crippen LogP contribution in [0.2, 0.25) is 0 Å². The molecular formula is C31H33F2NO3. The molecule has 6 heteroatoms. The molecule has 194 valence electrons. The molecule has 1 amide bonds. The van der Waals surface area contributed by atoms with Gasteiger partial charge in [-0.3, -0.25) is 4.79 Å². The van der Waals surface area contributed by atoms with Gasteiger partial charge in [-0.2, -0.15) is 0 Å². The largest absolute Gasteiger partial charge is 0.394 e. The number of amides is 1. The summed E-state index contributed by atoms with van der Waals surface area (Å²) >= 11 is 0. The summed E-state index contributed by atoms with van der Waals surface area (Å²) in [6.07, 6.45) is 1.42. The summed E-state index contributed by atoms with van der Waals surface area (Å²) in [4.78, 5) is 11.5. The van der Waals surface area contributed by atoms with Gasteiger partial charge >= 0.3 is 0 Å². The molecule has 0 spiro atoms. The molecule has 3 rings (SSSR count). The molecular weight excluding hydrogens is 472 g/mol. The van der Waals surface area contributed by atoms with Crippen molar-refractivity contribution in [3.63, 3.8) is 0 Å². The fraction of sp³-hybridized carbons (Fsp3) is 0.323. The fourth-order valence-corrected chi connectivity index (χ4v) is 4.23. The fourth-order valence-electron chi connectivity index (χ4n) is 4.23. The van der Waals surface area contributed by atoms with Gasteiger partial charge in [0, 0.05) is 24.5 Å². The standard InChI is InChI=1S/C31H33F2NO3/c1-21-4-5-26(14-22(21)2)15-27(28-16-29(32)18-30(33)17-28)11-10-24-6-8-25(9-7-24)12-13-31(19-35,20-36)34-23(3)37/h4-9,14,16-18,27,35-36H,12-13,15,19-20H2,1-3H3,(H,34,37). The number of aryl methyl sites for hydroxylation is 3. The van der Waals surface area contributed by atoms with E-state index in [1.807, 2.05) is 50.2 Å². The van der Waals surface area contributed by atoms with E-state index in [-0.39, 0.29) is 19.1 Å². The Hall–Kier alpha value is -3.53. The lowest BCUT2D eigenvalue weighted by molar-refractivity contribution is -0.122. The first kappa shape index (κ1) is 28.0. The number of hydrogen-bond acceptors (Lipinski definition) is 3. The Morgan fingerprint density at radius 3 is 2.11 bits per heavy atom. The number of benzene rings is 3. The SMILES string of the molecule is CC(=O)NC(CO)(CO)CCc1ccc(C#CC(Cc2ccc(C)c(C)c2)c2cc(F)cc(F)c2)cc1. The summed E-state index contributed by atoms with van der Waals surface area (Å²) in [5.74, 6) is 4.37. The second-order valence-electron chi connectivity index (χ2n) is 9.62. The monoisotopic (exact) mass is 505 g/mol. The number of carbonyl (C=O) groups excluding carboxylic acids is 1. The first-order valence-corrected chi connectivity index (χ1v) is 12.3. The van der Waals surface area contributed by atoms with E-state index in [0.29, 0.717) is 24.8 Å². The molecule has 0 aliphatic heterocycles. The summed E-state index contributed by atoms with van der Waals surface area (Å²) in [6, 6.07) is 17.2. The van der Waals surface area contributed by atoms with Gasteiger partial charge in [-0.25, -0.2) is 8.78 Å². The van der Waals surface area contributed by atoms with Gasteiger partial charge in [0.1, 0.15) is 11.6 Å². The molecule has 0 fully saturated rings. The average Bonchev–Trinajstić information content (AvgIpc) is 2.86. The molecule has 3 aromatic rings. The molecule has 0 radical (unpaired) electrons. The highest BCUT2D eigenvalue weighted by Crippen LogP contribution is 2.24. The molecule has 0 saturated heterocycles. The highest BCUT2D eigenvalue weighted by Gasteiger charge is 2.29. The van der Waals surface area contributed by atoms with Crippen molar-refractivity contribution in [1.82, 2.24) is 5.32 Å². The van der Waals surface area contributed by atoms with E-state index < -0.39 is 23.1 Å². The molecule has 0 bridgehead atoms. The molecule has 1 unspecified atom stereocenters. The smallest absolute Gasteiger partial charge is 0.217 e. The number of carbonyl (C=O) groups is 1. The van der Waals surface area contributed by atoms with E-state index in [4.69, 9.17) is 0 Å². The predicted octanol–water partition coefficient (Wildman–Crippen LogP) is 4.75. The Morgan fingerprint density at radius 1 is 0.919 bits per heavy atom. The van der Waals surface area contributed by atoms with Crippen LogP contribution in [0.5, 0.6) is 0 Å². The second-order valence-corrected chi connectivity index (χ2v) is 9.62. The third kappa shape index (κ3) is 7.98. The number of hydrogen-bond donors (Lipinski definition) is 3. The minimum absolute atomic E-state index is 0.317. The van der Waals surface area contributed by atoms with Gasteiger partial charge in [-0.15, -0.1) is 0 Å². The van der Waals surface area contributed by atoms with Crippen molar-refractivity contribution < 1.29 is 23.8 Å². The van der Waals surface area contributed by atoms with Crippen molar-refractivity contribution >= 4 is 5.91 Å². The van der Waals surface area contributed by atoms with Crippen LogP contribution in [0, 0.1) is 37.3 Å². The normalized spacial score (nSPS) is 12.0. The van der Waals surface area contributed by atoms with Crippen molar-refractivity contribution in [3.05, 3.63) is 106 Å². The van der Waals surface area contributed by atoms with Gasteiger partial charge < -0.3 is 15.5 Å². The Balaban J connectivity index is 1.81. The maximum Gasteiger partial charge on any atom is 0.217 e. The summed E-state index contributed by atoms with van der Waals surface area (Å²) < 4.78 is 28.0. The number of halogens is 2. The van der Waals surface area contributed by atoms with E-state index in [1.54, 1.807) is 0 Å². The Morgan fingerprint density at radius 2 is 1.54 bits per heavy atom. The minimum atomic E-state index is -1.08. The van der Waals surface area contributed by atoms with Crippen LogP contribution < -0.4 is 5.32 Å². The van der Waals surface area contributed by atoms with Crippen LogP contribution in [-0.2, 0) is 17.6 Å². The van der Waals surface area contributed by atoms with Crippen LogP contribution in [-0.4, -0.2) is 34.9 Å². The molecule has 37 heavy (non-hydrogen) atoms. The molecule has 4 nitrogen and oxygen atoms in total. The molecule has 0 aliphatic rings. The van der Waals surface area contributed by atoms with Crippen LogP contribution in [0.15, 0.2) is 60.7 Å². The quantitative estimate of drug-likeness (QED) is 0.368. The van der Waals surface area contributed by atoms with Gasteiger partial charge in [0.05, 0.1) is 18.8 Å². The minimum Gasteiger partial charge on any atom is -0.394 e. The average molecular weight is 506 g/mol. The third-order valence-corrected chi connectivity index (χ3v) is 6.58. The van der Waals surface area contributed by atoms with Gasteiger partial charge in [0.15, 0.2) is 0 Å². The molecule has 0 saturated carbocycles. The van der Waals surface area contributed by atoms with E-state index in [9.17, 15) is 23.8 Å². The Kier molecular flexibility index (Phi) is 9.57. The maximum atomic E-state index is 14.0. The van der Waals surface area contributed by atoms with Gasteiger partial charge in [0.2, 0.25) is 5.91 Å². The molecule has 1 atom stereocenters. The third-order valence-electron chi connectivity index (χ3n) is 6.58. The second kappa shape index (κ2) is 12.6. The Labute approximate surface area is 217 Å².